The molecule has 0 aliphatic heterocycles. The van der Waals surface area contributed by atoms with Crippen molar-refractivity contribution in [3.63, 3.8) is 0 Å². The lowest BCUT2D eigenvalue weighted by atomic mass is 10.2. The van der Waals surface area contributed by atoms with Gasteiger partial charge in [-0.05, 0) is 30.3 Å². The summed E-state index contributed by atoms with van der Waals surface area (Å²) < 4.78 is 27.1. The second kappa shape index (κ2) is 8.13. The Balaban J connectivity index is 1.60. The minimum atomic E-state index is -1.11. The van der Waals surface area contributed by atoms with Gasteiger partial charge in [-0.25, -0.2) is 13.8 Å². The molecule has 0 aliphatic rings. The summed E-state index contributed by atoms with van der Waals surface area (Å²) in [6.45, 7) is -0.772. The van der Waals surface area contributed by atoms with E-state index in [4.69, 9.17) is 11.6 Å². The van der Waals surface area contributed by atoms with Crippen molar-refractivity contribution in [3.05, 3.63) is 69.7 Å². The summed E-state index contributed by atoms with van der Waals surface area (Å²) in [5.74, 6) is -3.40. The number of aromatic nitrogens is 2. The average molecular weight is 407 g/mol. The fourth-order valence-corrected chi connectivity index (χ4v) is 2.58. The topological polar surface area (TPSA) is 93.1 Å². The second-order valence-electron chi connectivity index (χ2n) is 5.79. The van der Waals surface area contributed by atoms with Crippen LogP contribution in [0.3, 0.4) is 0 Å². The molecule has 0 bridgehead atoms. The zero-order valence-corrected chi connectivity index (χ0v) is 15.0. The molecule has 0 atom stereocenters. The first-order chi connectivity index (χ1) is 13.3. The summed E-state index contributed by atoms with van der Waals surface area (Å²) in [6, 6.07) is 7.51. The summed E-state index contributed by atoms with van der Waals surface area (Å²) in [6.07, 6.45) is 1.22. The number of nitrogens with zero attached hydrogens (tertiary/aromatic N) is 2. The van der Waals surface area contributed by atoms with Crippen molar-refractivity contribution < 1.29 is 18.4 Å². The predicted molar refractivity (Wildman–Crippen MR) is 99.0 cm³/mol. The van der Waals surface area contributed by atoms with Gasteiger partial charge in [-0.15, -0.1) is 0 Å². The molecule has 0 fully saturated rings. The second-order valence-corrected chi connectivity index (χ2v) is 6.23. The number of benzene rings is 2. The molecule has 2 N–H and O–H groups in total. The van der Waals surface area contributed by atoms with Gasteiger partial charge in [0, 0.05) is 16.8 Å². The Kier molecular flexibility index (Phi) is 5.65. The molecule has 0 aliphatic carbocycles. The summed E-state index contributed by atoms with van der Waals surface area (Å²) >= 11 is 5.87. The van der Waals surface area contributed by atoms with Gasteiger partial charge in [-0.3, -0.25) is 19.0 Å². The number of carbonyl (C=O) groups is 2. The molecule has 0 saturated heterocycles. The Morgan fingerprint density at radius 1 is 1.07 bits per heavy atom. The summed E-state index contributed by atoms with van der Waals surface area (Å²) in [7, 11) is 0. The van der Waals surface area contributed by atoms with Crippen molar-refractivity contribution in [2.24, 2.45) is 0 Å². The normalized spacial score (nSPS) is 10.7. The highest BCUT2D eigenvalue weighted by molar-refractivity contribution is 6.31. The highest BCUT2D eigenvalue weighted by Gasteiger charge is 2.11. The Hall–Kier alpha value is -3.33. The smallest absolute Gasteiger partial charge is 0.261 e. The van der Waals surface area contributed by atoms with E-state index < -0.39 is 35.6 Å². The molecule has 0 unspecified atom stereocenters. The molecule has 2 amide bonds. The lowest BCUT2D eigenvalue weighted by Crippen LogP contribution is -2.37. The van der Waals surface area contributed by atoms with E-state index in [0.717, 1.165) is 16.7 Å². The van der Waals surface area contributed by atoms with Crippen LogP contribution < -0.4 is 16.2 Å². The monoisotopic (exact) mass is 406 g/mol. The molecule has 144 valence electrons. The number of halogens is 3. The van der Waals surface area contributed by atoms with Crippen LogP contribution in [0.15, 0.2) is 47.5 Å². The molecule has 2 aromatic carbocycles. The lowest BCUT2D eigenvalue weighted by molar-refractivity contribution is -0.124. The maximum Gasteiger partial charge on any atom is 0.261 e. The van der Waals surface area contributed by atoms with Crippen LogP contribution in [-0.4, -0.2) is 27.9 Å². The SMILES string of the molecule is O=C(Cn1cnc2ccc(Cl)cc2c1=O)NCC(=O)Nc1ccc(F)c(F)c1. The third-order valence-electron chi connectivity index (χ3n) is 3.75. The average Bonchev–Trinajstić information content (AvgIpc) is 2.66. The molecule has 3 aromatic rings. The van der Waals surface area contributed by atoms with E-state index in [9.17, 15) is 23.2 Å². The first kappa shape index (κ1) is 19.4. The molecule has 0 spiro atoms. The van der Waals surface area contributed by atoms with Crippen molar-refractivity contribution >= 4 is 40.0 Å². The Morgan fingerprint density at radius 3 is 2.61 bits per heavy atom. The van der Waals surface area contributed by atoms with Crippen LogP contribution in [0.2, 0.25) is 5.02 Å². The molecule has 1 heterocycles. The molecule has 10 heteroatoms. The van der Waals surface area contributed by atoms with E-state index in [1.807, 2.05) is 0 Å². The molecular weight excluding hydrogens is 394 g/mol. The number of amides is 2. The van der Waals surface area contributed by atoms with E-state index in [-0.39, 0.29) is 17.6 Å². The fraction of sp³-hybridized carbons (Fsp3) is 0.111. The fourth-order valence-electron chi connectivity index (χ4n) is 2.41. The predicted octanol–water partition coefficient (Wildman–Crippen LogP) is 2.08. The number of carbonyl (C=O) groups excluding carboxylic acids is 2. The molecule has 3 rings (SSSR count). The summed E-state index contributed by atoms with van der Waals surface area (Å²) in [5.41, 5.74) is 0.0378. The zero-order chi connectivity index (χ0) is 20.3. The Labute approximate surface area is 161 Å². The Bertz CT molecular complexity index is 1130. The first-order valence-corrected chi connectivity index (χ1v) is 8.37. The van der Waals surface area contributed by atoms with Crippen LogP contribution in [-0.2, 0) is 16.1 Å². The van der Waals surface area contributed by atoms with E-state index in [1.165, 1.54) is 18.5 Å². The van der Waals surface area contributed by atoms with E-state index in [0.29, 0.717) is 10.5 Å². The standard InChI is InChI=1S/C18H13ClF2N4O3/c19-10-1-4-15-12(5-10)18(28)25(9-23-15)8-17(27)22-7-16(26)24-11-2-3-13(20)14(21)6-11/h1-6,9H,7-8H2,(H,22,27)(H,24,26). The van der Waals surface area contributed by atoms with Gasteiger partial charge in [0.25, 0.3) is 5.56 Å². The van der Waals surface area contributed by atoms with Crippen LogP contribution in [0, 0.1) is 11.6 Å². The van der Waals surface area contributed by atoms with E-state index >= 15 is 0 Å². The number of hydrogen-bond acceptors (Lipinski definition) is 4. The van der Waals surface area contributed by atoms with Crippen molar-refractivity contribution in [1.82, 2.24) is 14.9 Å². The van der Waals surface area contributed by atoms with Gasteiger partial charge < -0.3 is 10.6 Å². The van der Waals surface area contributed by atoms with Gasteiger partial charge in [0.1, 0.15) is 6.54 Å². The van der Waals surface area contributed by atoms with Crippen molar-refractivity contribution in [2.75, 3.05) is 11.9 Å². The summed E-state index contributed by atoms with van der Waals surface area (Å²) in [4.78, 5) is 40.3. The van der Waals surface area contributed by atoms with Gasteiger partial charge in [-0.2, -0.15) is 0 Å². The molecule has 7 nitrogen and oxygen atoms in total. The van der Waals surface area contributed by atoms with Gasteiger partial charge >= 0.3 is 0 Å². The molecule has 1 aromatic heterocycles. The van der Waals surface area contributed by atoms with Crippen molar-refractivity contribution in [2.45, 2.75) is 6.54 Å². The number of rotatable bonds is 5. The first-order valence-electron chi connectivity index (χ1n) is 8.00. The zero-order valence-electron chi connectivity index (χ0n) is 14.2. The lowest BCUT2D eigenvalue weighted by Gasteiger charge is -2.09. The number of hydrogen-bond donors (Lipinski definition) is 2. The molecule has 28 heavy (non-hydrogen) atoms. The summed E-state index contributed by atoms with van der Waals surface area (Å²) in [5, 5.41) is 5.27. The van der Waals surface area contributed by atoms with Gasteiger partial charge in [0.15, 0.2) is 11.6 Å². The van der Waals surface area contributed by atoms with Crippen molar-refractivity contribution in [1.29, 1.82) is 0 Å². The van der Waals surface area contributed by atoms with Gasteiger partial charge in [0.05, 0.1) is 23.8 Å². The molecular formula is C18H13ClF2N4O3. The van der Waals surface area contributed by atoms with Gasteiger partial charge in [0.2, 0.25) is 11.8 Å². The maximum atomic E-state index is 13.1. The van der Waals surface area contributed by atoms with Crippen LogP contribution >= 0.6 is 11.6 Å². The highest BCUT2D eigenvalue weighted by atomic mass is 35.5. The van der Waals surface area contributed by atoms with E-state index in [1.54, 1.807) is 12.1 Å². The van der Waals surface area contributed by atoms with Crippen LogP contribution in [0.4, 0.5) is 14.5 Å². The third kappa shape index (κ3) is 4.49. The highest BCUT2D eigenvalue weighted by Crippen LogP contribution is 2.14. The minimum absolute atomic E-state index is 0.0463. The molecule has 0 radical (unpaired) electrons. The van der Waals surface area contributed by atoms with Crippen LogP contribution in [0.5, 0.6) is 0 Å². The Morgan fingerprint density at radius 2 is 1.86 bits per heavy atom. The van der Waals surface area contributed by atoms with Crippen LogP contribution in [0.25, 0.3) is 10.9 Å². The van der Waals surface area contributed by atoms with Crippen LogP contribution in [0.1, 0.15) is 0 Å². The van der Waals surface area contributed by atoms with Crippen molar-refractivity contribution in [3.8, 4) is 0 Å². The third-order valence-corrected chi connectivity index (χ3v) is 3.98. The maximum absolute atomic E-state index is 13.1. The van der Waals surface area contributed by atoms with Gasteiger partial charge in [-0.1, -0.05) is 11.6 Å². The number of nitrogens with one attached hydrogen (secondary N) is 2. The minimum Gasteiger partial charge on any atom is -0.345 e. The van der Waals surface area contributed by atoms with E-state index in [2.05, 4.69) is 15.6 Å². The number of anilines is 1. The largest absolute Gasteiger partial charge is 0.345 e. The quantitative estimate of drug-likeness (QED) is 0.678. The number of fused-ring (bicyclic) bond motifs is 1. The molecule has 0 saturated carbocycles.